The van der Waals surface area contributed by atoms with Gasteiger partial charge in [-0.3, -0.25) is 9.59 Å². The van der Waals surface area contributed by atoms with Crippen LogP contribution in [0.2, 0.25) is 0 Å². The van der Waals surface area contributed by atoms with Crippen molar-refractivity contribution in [3.63, 3.8) is 0 Å². The molecule has 4 rings (SSSR count). The Labute approximate surface area is 150 Å². The minimum Gasteiger partial charge on any atom is -0.505 e. The highest BCUT2D eigenvalue weighted by molar-refractivity contribution is 6.05. The van der Waals surface area contributed by atoms with Crippen molar-refractivity contribution in [1.29, 1.82) is 0 Å². The highest BCUT2D eigenvalue weighted by Gasteiger charge is 2.40. The van der Waals surface area contributed by atoms with Crippen molar-refractivity contribution in [2.45, 2.75) is 25.9 Å². The fourth-order valence-electron chi connectivity index (χ4n) is 3.99. The lowest BCUT2D eigenvalue weighted by molar-refractivity contribution is 0.0704. The first-order valence-electron chi connectivity index (χ1n) is 8.63. The van der Waals surface area contributed by atoms with Gasteiger partial charge in [0.25, 0.3) is 11.8 Å². The van der Waals surface area contributed by atoms with Crippen LogP contribution in [0.5, 0.6) is 5.75 Å². The lowest BCUT2D eigenvalue weighted by Crippen LogP contribution is -2.41. The summed E-state index contributed by atoms with van der Waals surface area (Å²) in [7, 11) is 1.69. The van der Waals surface area contributed by atoms with Crippen LogP contribution >= 0.6 is 0 Å². The topological polar surface area (TPSA) is 65.8 Å². The SMILES string of the molecule is CC1CN(C)C(=O)c2c(O)c3c(n21)CCN(Cc1ccc(F)cc1)C3=O. The first-order chi connectivity index (χ1) is 12.4. The predicted octanol–water partition coefficient (Wildman–Crippen LogP) is 2.18. The zero-order chi connectivity index (χ0) is 18.6. The molecule has 3 heterocycles. The van der Waals surface area contributed by atoms with Gasteiger partial charge in [0.15, 0.2) is 11.4 Å². The summed E-state index contributed by atoms with van der Waals surface area (Å²) >= 11 is 0. The van der Waals surface area contributed by atoms with Gasteiger partial charge in [0.2, 0.25) is 0 Å². The van der Waals surface area contributed by atoms with Gasteiger partial charge in [-0.2, -0.15) is 0 Å². The second-order valence-corrected chi connectivity index (χ2v) is 7.03. The number of likely N-dealkylation sites (N-methyl/N-ethyl adjacent to an activating group) is 1. The molecule has 26 heavy (non-hydrogen) atoms. The second kappa shape index (κ2) is 5.86. The first kappa shape index (κ1) is 16.6. The molecule has 1 aromatic carbocycles. The lowest BCUT2D eigenvalue weighted by atomic mass is 10.0. The quantitative estimate of drug-likeness (QED) is 0.896. The van der Waals surface area contributed by atoms with Crippen LogP contribution in [-0.2, 0) is 13.0 Å². The standard InChI is InChI=1S/C19H20FN3O3/c1-11-9-21(2)19(26)16-17(24)15-14(23(11)16)7-8-22(18(15)25)10-12-3-5-13(20)6-4-12/h3-6,11,24H,7-10H2,1-2H3. The van der Waals surface area contributed by atoms with E-state index >= 15 is 0 Å². The van der Waals surface area contributed by atoms with E-state index in [0.29, 0.717) is 26.1 Å². The Balaban J connectivity index is 1.71. The number of hydrogen-bond acceptors (Lipinski definition) is 3. The van der Waals surface area contributed by atoms with Crippen molar-refractivity contribution < 1.29 is 19.1 Å². The largest absolute Gasteiger partial charge is 0.505 e. The molecule has 1 atom stereocenters. The number of benzene rings is 1. The average Bonchev–Trinajstić information content (AvgIpc) is 2.91. The van der Waals surface area contributed by atoms with Gasteiger partial charge in [0.1, 0.15) is 11.4 Å². The zero-order valence-electron chi connectivity index (χ0n) is 14.7. The van der Waals surface area contributed by atoms with E-state index in [-0.39, 0.29) is 40.7 Å². The molecule has 1 unspecified atom stereocenters. The molecule has 0 fully saturated rings. The summed E-state index contributed by atoms with van der Waals surface area (Å²) in [5.41, 5.74) is 1.97. The van der Waals surface area contributed by atoms with Crippen LogP contribution in [0, 0.1) is 5.82 Å². The van der Waals surface area contributed by atoms with E-state index in [4.69, 9.17) is 0 Å². The molecule has 2 aromatic rings. The molecule has 2 aliphatic heterocycles. The van der Waals surface area contributed by atoms with Crippen molar-refractivity contribution in [1.82, 2.24) is 14.4 Å². The van der Waals surface area contributed by atoms with Gasteiger partial charge < -0.3 is 19.5 Å². The summed E-state index contributed by atoms with van der Waals surface area (Å²) in [6.45, 7) is 3.34. The number of rotatable bonds is 2. The number of carbonyl (C=O) groups is 2. The van der Waals surface area contributed by atoms with Gasteiger partial charge in [-0.15, -0.1) is 0 Å². The Bertz CT molecular complexity index is 904. The van der Waals surface area contributed by atoms with E-state index in [1.165, 1.54) is 12.1 Å². The number of aromatic nitrogens is 1. The van der Waals surface area contributed by atoms with Crippen molar-refractivity contribution in [2.24, 2.45) is 0 Å². The minimum atomic E-state index is -0.324. The molecular weight excluding hydrogens is 337 g/mol. The molecule has 0 saturated heterocycles. The Morgan fingerprint density at radius 1 is 1.19 bits per heavy atom. The summed E-state index contributed by atoms with van der Waals surface area (Å²) in [6.07, 6.45) is 0.567. The van der Waals surface area contributed by atoms with Crippen LogP contribution in [0.15, 0.2) is 24.3 Å². The molecule has 0 saturated carbocycles. The number of halogens is 1. The van der Waals surface area contributed by atoms with Gasteiger partial charge in [0.05, 0.1) is 0 Å². The van der Waals surface area contributed by atoms with Gasteiger partial charge >= 0.3 is 0 Å². The minimum absolute atomic E-state index is 0.00111. The Morgan fingerprint density at radius 3 is 2.58 bits per heavy atom. The van der Waals surface area contributed by atoms with E-state index < -0.39 is 0 Å². The molecule has 6 nitrogen and oxygen atoms in total. The molecule has 2 aliphatic rings. The maximum Gasteiger partial charge on any atom is 0.274 e. The van der Waals surface area contributed by atoms with Crippen molar-refractivity contribution >= 4 is 11.8 Å². The number of amides is 2. The van der Waals surface area contributed by atoms with E-state index in [2.05, 4.69) is 0 Å². The van der Waals surface area contributed by atoms with Crippen molar-refractivity contribution in [3.05, 3.63) is 52.6 Å². The molecule has 0 radical (unpaired) electrons. The first-order valence-corrected chi connectivity index (χ1v) is 8.63. The van der Waals surface area contributed by atoms with E-state index in [1.54, 1.807) is 29.0 Å². The molecule has 1 N–H and O–H groups in total. The van der Waals surface area contributed by atoms with Gasteiger partial charge in [-0.05, 0) is 24.6 Å². The summed E-state index contributed by atoms with van der Waals surface area (Å²) in [5, 5.41) is 10.7. The fourth-order valence-corrected chi connectivity index (χ4v) is 3.99. The third-order valence-corrected chi connectivity index (χ3v) is 5.22. The number of aromatic hydroxyl groups is 1. The maximum absolute atomic E-state index is 13.1. The lowest BCUT2D eigenvalue weighted by Gasteiger charge is -2.33. The average molecular weight is 357 g/mol. The summed E-state index contributed by atoms with van der Waals surface area (Å²) in [5.74, 6) is -1.11. The molecule has 136 valence electrons. The van der Waals surface area contributed by atoms with Crippen LogP contribution in [-0.4, -0.2) is 51.4 Å². The molecule has 1 aromatic heterocycles. The van der Waals surface area contributed by atoms with Crippen LogP contribution in [0.1, 0.15) is 45.1 Å². The predicted molar refractivity (Wildman–Crippen MR) is 92.6 cm³/mol. The van der Waals surface area contributed by atoms with Gasteiger partial charge in [-0.25, -0.2) is 4.39 Å². The van der Waals surface area contributed by atoms with Crippen LogP contribution in [0.4, 0.5) is 4.39 Å². The molecule has 0 bridgehead atoms. The van der Waals surface area contributed by atoms with Crippen molar-refractivity contribution in [2.75, 3.05) is 20.1 Å². The Hall–Kier alpha value is -2.83. The van der Waals surface area contributed by atoms with Crippen molar-refractivity contribution in [3.8, 4) is 5.75 Å². The van der Waals surface area contributed by atoms with E-state index in [1.807, 2.05) is 11.5 Å². The van der Waals surface area contributed by atoms with E-state index in [0.717, 1.165) is 11.3 Å². The van der Waals surface area contributed by atoms with E-state index in [9.17, 15) is 19.1 Å². The number of hydrogen-bond donors (Lipinski definition) is 1. The summed E-state index contributed by atoms with van der Waals surface area (Å²) in [4.78, 5) is 28.7. The number of carbonyl (C=O) groups excluding carboxylic acids is 2. The molecule has 0 aliphatic carbocycles. The monoisotopic (exact) mass is 357 g/mol. The smallest absolute Gasteiger partial charge is 0.274 e. The normalized spacial score (nSPS) is 19.6. The van der Waals surface area contributed by atoms with Crippen LogP contribution < -0.4 is 0 Å². The Morgan fingerprint density at radius 2 is 1.88 bits per heavy atom. The van der Waals surface area contributed by atoms with Gasteiger partial charge in [-0.1, -0.05) is 12.1 Å². The number of nitrogens with zero attached hydrogens (tertiary/aromatic N) is 3. The molecular formula is C19H20FN3O3. The molecule has 0 spiro atoms. The zero-order valence-corrected chi connectivity index (χ0v) is 14.7. The fraction of sp³-hybridized carbons (Fsp3) is 0.368. The van der Waals surface area contributed by atoms with Crippen LogP contribution in [0.25, 0.3) is 0 Å². The Kier molecular flexibility index (Phi) is 3.75. The number of fused-ring (bicyclic) bond motifs is 3. The molecule has 2 amide bonds. The maximum atomic E-state index is 13.1. The van der Waals surface area contributed by atoms with Crippen LogP contribution in [0.3, 0.4) is 0 Å². The molecule has 7 heteroatoms. The third-order valence-electron chi connectivity index (χ3n) is 5.22. The highest BCUT2D eigenvalue weighted by Crippen LogP contribution is 2.39. The third kappa shape index (κ3) is 2.38. The second-order valence-electron chi connectivity index (χ2n) is 7.03. The summed E-state index contributed by atoms with van der Waals surface area (Å²) < 4.78 is 14.9. The highest BCUT2D eigenvalue weighted by atomic mass is 19.1. The van der Waals surface area contributed by atoms with Gasteiger partial charge in [0, 0.05) is 44.8 Å². The summed E-state index contributed by atoms with van der Waals surface area (Å²) in [6, 6.07) is 6.01.